The number of nitrogens with one attached hydrogen (secondary N) is 1. The number of carbonyl (C=O) groups is 2. The summed E-state index contributed by atoms with van der Waals surface area (Å²) in [5.41, 5.74) is 2.35. The van der Waals surface area contributed by atoms with Crippen molar-refractivity contribution in [2.75, 3.05) is 56.7 Å². The Balaban J connectivity index is 1.58. The molecule has 8 nitrogen and oxygen atoms in total. The number of likely N-dealkylation sites (N-methyl/N-ethyl adjacent to an activating group) is 1. The van der Waals surface area contributed by atoms with E-state index in [0.717, 1.165) is 16.0 Å². The molecule has 0 bridgehead atoms. The summed E-state index contributed by atoms with van der Waals surface area (Å²) >= 11 is 1.39. The van der Waals surface area contributed by atoms with E-state index in [4.69, 9.17) is 4.74 Å². The van der Waals surface area contributed by atoms with E-state index >= 15 is 0 Å². The van der Waals surface area contributed by atoms with Gasteiger partial charge in [-0.25, -0.2) is 8.42 Å². The molecule has 2 saturated heterocycles. The van der Waals surface area contributed by atoms with Crippen LogP contribution in [0.15, 0.2) is 30.3 Å². The van der Waals surface area contributed by atoms with Gasteiger partial charge in [-0.2, -0.15) is 0 Å². The maximum Gasteiger partial charge on any atom is 0.257 e. The Morgan fingerprint density at radius 1 is 1.21 bits per heavy atom. The fraction of sp³-hybridized carbons (Fsp3) is 0.478. The Morgan fingerprint density at radius 2 is 1.91 bits per heavy atom. The number of thiophene rings is 1. The van der Waals surface area contributed by atoms with E-state index in [1.54, 1.807) is 16.8 Å². The Bertz CT molecular complexity index is 1120. The van der Waals surface area contributed by atoms with Crippen LogP contribution in [0, 0.1) is 6.92 Å². The molecule has 178 valence electrons. The molecule has 10 heteroatoms. The van der Waals surface area contributed by atoms with Crippen molar-refractivity contribution in [1.29, 1.82) is 0 Å². The molecule has 2 aromatic rings. The van der Waals surface area contributed by atoms with Crippen molar-refractivity contribution in [2.24, 2.45) is 0 Å². The summed E-state index contributed by atoms with van der Waals surface area (Å²) in [6, 6.07) is 9.64. The number of carbonyl (C=O) groups excluding carboxylic acids is 2. The molecule has 2 aliphatic heterocycles. The topological polar surface area (TPSA) is 96.0 Å². The number of amides is 2. The summed E-state index contributed by atoms with van der Waals surface area (Å²) in [6.07, 6.45) is 0.531. The van der Waals surface area contributed by atoms with Crippen LogP contribution in [0.1, 0.15) is 22.3 Å². The van der Waals surface area contributed by atoms with Crippen molar-refractivity contribution in [2.45, 2.75) is 19.4 Å². The second-order valence-corrected chi connectivity index (χ2v) is 11.8. The van der Waals surface area contributed by atoms with Crippen molar-refractivity contribution in [3.8, 4) is 10.4 Å². The number of anilines is 1. The smallest absolute Gasteiger partial charge is 0.257 e. The highest BCUT2D eigenvalue weighted by atomic mass is 32.2. The van der Waals surface area contributed by atoms with Gasteiger partial charge in [0.1, 0.15) is 5.00 Å². The average Bonchev–Trinajstić information content (AvgIpc) is 3.33. The monoisotopic (exact) mass is 491 g/mol. The fourth-order valence-corrected chi connectivity index (χ4v) is 7.32. The number of ether oxygens (including phenoxy) is 1. The van der Waals surface area contributed by atoms with E-state index in [2.05, 4.69) is 5.32 Å². The zero-order valence-corrected chi connectivity index (χ0v) is 20.5. The summed E-state index contributed by atoms with van der Waals surface area (Å²) in [6.45, 7) is 4.00. The van der Waals surface area contributed by atoms with Crippen LogP contribution in [0.4, 0.5) is 5.00 Å². The normalized spacial score (nSPS) is 20.2. The molecule has 2 aliphatic rings. The number of morpholine rings is 1. The Hall–Kier alpha value is -2.27. The lowest BCUT2D eigenvalue weighted by atomic mass is 10.1. The number of nitrogens with zero attached hydrogens (tertiary/aromatic N) is 2. The molecule has 2 amide bonds. The predicted molar refractivity (Wildman–Crippen MR) is 130 cm³/mol. The SMILES string of the molecule is Cc1c(-c2ccccc2)sc(NC(=O)CN(C)C2CCS(=O)(=O)C2)c1C(=O)N1CCOCC1. The fourth-order valence-electron chi connectivity index (χ4n) is 4.29. The first-order chi connectivity index (χ1) is 15.7. The summed E-state index contributed by atoms with van der Waals surface area (Å²) < 4.78 is 29.0. The van der Waals surface area contributed by atoms with Gasteiger partial charge in [-0.1, -0.05) is 30.3 Å². The highest BCUT2D eigenvalue weighted by Gasteiger charge is 2.32. The van der Waals surface area contributed by atoms with E-state index in [0.29, 0.717) is 43.3 Å². The zero-order valence-electron chi connectivity index (χ0n) is 18.9. The number of benzene rings is 1. The van der Waals surface area contributed by atoms with Gasteiger partial charge < -0.3 is 15.0 Å². The van der Waals surface area contributed by atoms with Gasteiger partial charge in [0.15, 0.2) is 9.84 Å². The highest BCUT2D eigenvalue weighted by Crippen LogP contribution is 2.40. The zero-order chi connectivity index (χ0) is 23.6. The molecular formula is C23H29N3O5S2. The molecule has 33 heavy (non-hydrogen) atoms. The number of rotatable bonds is 6. The average molecular weight is 492 g/mol. The Morgan fingerprint density at radius 3 is 2.55 bits per heavy atom. The van der Waals surface area contributed by atoms with Crippen molar-refractivity contribution in [3.05, 3.63) is 41.5 Å². The third-order valence-electron chi connectivity index (χ3n) is 6.17. The van der Waals surface area contributed by atoms with Gasteiger partial charge in [-0.3, -0.25) is 14.5 Å². The lowest BCUT2D eigenvalue weighted by Crippen LogP contribution is -2.41. The third-order valence-corrected chi connectivity index (χ3v) is 9.18. The number of sulfone groups is 1. The molecule has 4 rings (SSSR count). The van der Waals surface area contributed by atoms with Crippen molar-refractivity contribution < 1.29 is 22.7 Å². The van der Waals surface area contributed by atoms with Crippen molar-refractivity contribution >= 4 is 38.0 Å². The van der Waals surface area contributed by atoms with Gasteiger partial charge in [0.05, 0.1) is 36.8 Å². The first-order valence-corrected chi connectivity index (χ1v) is 13.7. The van der Waals surface area contributed by atoms with E-state index < -0.39 is 9.84 Å². The second-order valence-electron chi connectivity index (χ2n) is 8.55. The van der Waals surface area contributed by atoms with E-state index in [9.17, 15) is 18.0 Å². The van der Waals surface area contributed by atoms with E-state index in [1.807, 2.05) is 37.3 Å². The molecule has 2 fully saturated rings. The molecule has 1 unspecified atom stereocenters. The molecule has 1 aromatic carbocycles. The van der Waals surface area contributed by atoms with E-state index in [-0.39, 0.29) is 35.9 Å². The van der Waals surface area contributed by atoms with E-state index in [1.165, 1.54) is 11.3 Å². The maximum atomic E-state index is 13.4. The molecule has 1 N–H and O–H groups in total. The van der Waals surface area contributed by atoms with Crippen LogP contribution >= 0.6 is 11.3 Å². The molecule has 1 aromatic heterocycles. The molecule has 3 heterocycles. The minimum atomic E-state index is -3.03. The lowest BCUT2D eigenvalue weighted by molar-refractivity contribution is -0.117. The Labute approximate surface area is 198 Å². The maximum absolute atomic E-state index is 13.4. The third kappa shape index (κ3) is 5.46. The summed E-state index contributed by atoms with van der Waals surface area (Å²) in [4.78, 5) is 30.8. The number of hydrogen-bond donors (Lipinski definition) is 1. The summed E-state index contributed by atoms with van der Waals surface area (Å²) in [7, 11) is -1.27. The molecule has 1 atom stereocenters. The van der Waals surface area contributed by atoms with Crippen molar-refractivity contribution in [1.82, 2.24) is 9.80 Å². The van der Waals surface area contributed by atoms with Gasteiger partial charge in [0, 0.05) is 24.0 Å². The first kappa shape index (κ1) is 23.9. The van der Waals surface area contributed by atoms with Gasteiger partial charge >= 0.3 is 0 Å². The lowest BCUT2D eigenvalue weighted by Gasteiger charge is -2.27. The highest BCUT2D eigenvalue weighted by molar-refractivity contribution is 7.91. The minimum absolute atomic E-state index is 0.0585. The van der Waals surface area contributed by atoms with Crippen molar-refractivity contribution in [3.63, 3.8) is 0 Å². The molecule has 0 aliphatic carbocycles. The molecular weight excluding hydrogens is 462 g/mol. The molecule has 0 radical (unpaired) electrons. The predicted octanol–water partition coefficient (Wildman–Crippen LogP) is 2.25. The van der Waals surface area contributed by atoms with Gasteiger partial charge in [-0.05, 0) is 31.5 Å². The van der Waals surface area contributed by atoms with Crippen LogP contribution in [0.5, 0.6) is 0 Å². The van der Waals surface area contributed by atoms with Gasteiger partial charge in [0.2, 0.25) is 5.91 Å². The summed E-state index contributed by atoms with van der Waals surface area (Å²) in [5, 5.41) is 3.47. The van der Waals surface area contributed by atoms with Gasteiger partial charge in [-0.15, -0.1) is 11.3 Å². The van der Waals surface area contributed by atoms with Crippen LogP contribution in [0.2, 0.25) is 0 Å². The van der Waals surface area contributed by atoms with Crippen LogP contribution < -0.4 is 5.32 Å². The minimum Gasteiger partial charge on any atom is -0.378 e. The molecule has 0 spiro atoms. The Kier molecular flexibility index (Phi) is 7.18. The number of hydrogen-bond acceptors (Lipinski definition) is 7. The summed E-state index contributed by atoms with van der Waals surface area (Å²) in [5.74, 6) is -0.140. The van der Waals surface area contributed by atoms with Crippen LogP contribution in [0.3, 0.4) is 0 Å². The molecule has 0 saturated carbocycles. The van der Waals surface area contributed by atoms with Crippen LogP contribution in [-0.2, 0) is 19.4 Å². The largest absolute Gasteiger partial charge is 0.378 e. The first-order valence-electron chi connectivity index (χ1n) is 11.0. The van der Waals surface area contributed by atoms with Crippen LogP contribution in [0.25, 0.3) is 10.4 Å². The second kappa shape index (κ2) is 9.92. The van der Waals surface area contributed by atoms with Crippen LogP contribution in [-0.4, -0.2) is 87.5 Å². The standard InChI is InChI=1S/C23H29N3O5S2/c1-16-20(23(28)26-9-11-31-12-10-26)22(32-21(16)17-6-4-3-5-7-17)24-19(27)14-25(2)18-8-13-33(29,30)15-18/h3-7,18H,8-15H2,1-2H3,(H,24,27). The quantitative estimate of drug-likeness (QED) is 0.666. The van der Waals surface area contributed by atoms with Gasteiger partial charge in [0.25, 0.3) is 5.91 Å².